The number of alkyl halides is 3. The fourth-order valence-corrected chi connectivity index (χ4v) is 4.50. The third kappa shape index (κ3) is 5.56. The van der Waals surface area contributed by atoms with Gasteiger partial charge in [-0.25, -0.2) is 4.79 Å². The predicted molar refractivity (Wildman–Crippen MR) is 120 cm³/mol. The Hall–Kier alpha value is -3.29. The van der Waals surface area contributed by atoms with Gasteiger partial charge < -0.3 is 15.1 Å². The number of nitrogens with one attached hydrogen (secondary N) is 1. The molecule has 2 aromatic rings. The summed E-state index contributed by atoms with van der Waals surface area (Å²) in [6.07, 6.45) is 1.51. The van der Waals surface area contributed by atoms with Crippen LogP contribution in [0.4, 0.5) is 23.7 Å². The zero-order valence-corrected chi connectivity index (χ0v) is 18.1. The highest BCUT2D eigenvalue weighted by molar-refractivity contribution is 5.92. The first-order chi connectivity index (χ1) is 15.7. The first-order valence-electron chi connectivity index (χ1n) is 11.0. The topological polar surface area (TPSA) is 52.7 Å². The quantitative estimate of drug-likeness (QED) is 0.639. The Bertz CT molecular complexity index is 1010. The lowest BCUT2D eigenvalue weighted by Crippen LogP contribution is -2.44. The Labute approximate surface area is 190 Å². The summed E-state index contributed by atoms with van der Waals surface area (Å²) in [4.78, 5) is 28.7. The molecule has 0 bridgehead atoms. The second-order valence-electron chi connectivity index (χ2n) is 8.75. The van der Waals surface area contributed by atoms with Crippen LogP contribution < -0.4 is 5.32 Å². The van der Waals surface area contributed by atoms with Crippen LogP contribution in [0.25, 0.3) is 6.08 Å². The minimum atomic E-state index is -4.41. The molecule has 0 aromatic heterocycles. The van der Waals surface area contributed by atoms with E-state index in [2.05, 4.69) is 5.32 Å². The Morgan fingerprint density at radius 1 is 0.879 bits per heavy atom. The van der Waals surface area contributed by atoms with Crippen molar-refractivity contribution in [2.24, 2.45) is 5.41 Å². The van der Waals surface area contributed by atoms with Crippen LogP contribution in [0.5, 0.6) is 0 Å². The summed E-state index contributed by atoms with van der Waals surface area (Å²) in [7, 11) is 0. The van der Waals surface area contributed by atoms with Crippen molar-refractivity contribution in [3.05, 3.63) is 71.8 Å². The first kappa shape index (κ1) is 22.9. The summed E-state index contributed by atoms with van der Waals surface area (Å²) in [5.41, 5.74) is 0.544. The zero-order chi connectivity index (χ0) is 23.5. The van der Waals surface area contributed by atoms with Crippen LogP contribution >= 0.6 is 0 Å². The average Bonchev–Trinajstić information content (AvgIpc) is 3.22. The number of nitrogens with zero attached hydrogens (tertiary/aromatic N) is 2. The summed E-state index contributed by atoms with van der Waals surface area (Å²) < 4.78 is 38.1. The molecule has 0 aliphatic carbocycles. The van der Waals surface area contributed by atoms with Gasteiger partial charge in [0.15, 0.2) is 0 Å². The molecule has 5 nitrogen and oxygen atoms in total. The van der Waals surface area contributed by atoms with Gasteiger partial charge in [-0.15, -0.1) is 0 Å². The molecule has 2 aliphatic heterocycles. The van der Waals surface area contributed by atoms with Crippen LogP contribution in [-0.2, 0) is 11.0 Å². The van der Waals surface area contributed by atoms with Crippen LogP contribution in [0.3, 0.4) is 0 Å². The Morgan fingerprint density at radius 3 is 2.09 bits per heavy atom. The van der Waals surface area contributed by atoms with Gasteiger partial charge in [0.2, 0.25) is 5.91 Å². The number of amides is 3. The van der Waals surface area contributed by atoms with Crippen molar-refractivity contribution in [1.29, 1.82) is 0 Å². The largest absolute Gasteiger partial charge is 0.416 e. The van der Waals surface area contributed by atoms with Gasteiger partial charge in [-0.1, -0.05) is 30.3 Å². The van der Waals surface area contributed by atoms with Crippen LogP contribution in [0.1, 0.15) is 30.4 Å². The highest BCUT2D eigenvalue weighted by Gasteiger charge is 2.42. The summed E-state index contributed by atoms with van der Waals surface area (Å²) in [5.74, 6) is -0.0106. The molecule has 1 spiro atoms. The molecular formula is C25H26F3N3O2. The monoisotopic (exact) mass is 457 g/mol. The van der Waals surface area contributed by atoms with Crippen molar-refractivity contribution in [1.82, 2.24) is 9.80 Å². The molecule has 2 aromatic carbocycles. The zero-order valence-electron chi connectivity index (χ0n) is 18.1. The summed E-state index contributed by atoms with van der Waals surface area (Å²) >= 11 is 0. The highest BCUT2D eigenvalue weighted by Crippen LogP contribution is 2.40. The van der Waals surface area contributed by atoms with Gasteiger partial charge >= 0.3 is 12.2 Å². The normalized spacial score (nSPS) is 18.2. The van der Waals surface area contributed by atoms with Crippen molar-refractivity contribution in [2.45, 2.75) is 25.4 Å². The number of halogens is 3. The standard InChI is InChI=1S/C25H26F3N3O2/c26-25(27,28)20-7-9-21(10-8-20)29-23(33)31-17-14-24(18-31)12-15-30(16-13-24)22(32)11-6-19-4-2-1-3-5-19/h1-11H,12-18H2,(H,29,33)/b11-6+. The number of hydrogen-bond donors (Lipinski definition) is 1. The number of carbonyl (C=O) groups excluding carboxylic acids is 2. The Kier molecular flexibility index (Phi) is 6.44. The number of anilines is 1. The van der Waals surface area contributed by atoms with E-state index in [1.54, 1.807) is 11.0 Å². The van der Waals surface area contributed by atoms with Crippen molar-refractivity contribution in [2.75, 3.05) is 31.5 Å². The van der Waals surface area contributed by atoms with E-state index in [0.717, 1.165) is 37.0 Å². The number of rotatable bonds is 3. The second kappa shape index (κ2) is 9.29. The molecule has 3 amide bonds. The molecule has 8 heteroatoms. The summed E-state index contributed by atoms with van der Waals surface area (Å²) in [5, 5.41) is 2.69. The van der Waals surface area contributed by atoms with Crippen molar-refractivity contribution in [3.63, 3.8) is 0 Å². The minimum Gasteiger partial charge on any atom is -0.339 e. The number of piperidine rings is 1. The van der Waals surface area contributed by atoms with Gasteiger partial charge in [0.25, 0.3) is 0 Å². The van der Waals surface area contributed by atoms with Crippen molar-refractivity contribution >= 4 is 23.7 Å². The number of hydrogen-bond acceptors (Lipinski definition) is 2. The van der Waals surface area contributed by atoms with Gasteiger partial charge in [0.05, 0.1) is 5.56 Å². The molecule has 2 aliphatic rings. The molecule has 0 unspecified atom stereocenters. The lowest BCUT2D eigenvalue weighted by atomic mass is 9.78. The Balaban J connectivity index is 1.27. The third-order valence-corrected chi connectivity index (χ3v) is 6.54. The molecule has 0 atom stereocenters. The molecule has 1 N–H and O–H groups in total. The third-order valence-electron chi connectivity index (χ3n) is 6.54. The maximum absolute atomic E-state index is 12.7. The van der Waals surface area contributed by atoms with E-state index in [-0.39, 0.29) is 17.4 Å². The number of benzene rings is 2. The lowest BCUT2D eigenvalue weighted by Gasteiger charge is -2.38. The lowest BCUT2D eigenvalue weighted by molar-refractivity contribution is -0.137. The molecule has 2 heterocycles. The fourth-order valence-electron chi connectivity index (χ4n) is 4.50. The fraction of sp³-hybridized carbons (Fsp3) is 0.360. The highest BCUT2D eigenvalue weighted by atomic mass is 19.4. The molecule has 2 fully saturated rings. The number of carbonyl (C=O) groups is 2. The maximum Gasteiger partial charge on any atom is 0.416 e. The molecule has 0 saturated carbocycles. The van der Waals surface area contributed by atoms with E-state index in [1.807, 2.05) is 41.3 Å². The predicted octanol–water partition coefficient (Wildman–Crippen LogP) is 5.27. The SMILES string of the molecule is O=C(/C=C/c1ccccc1)N1CCC2(CC1)CCN(C(=O)Nc1ccc(C(F)(F)F)cc1)C2. The van der Waals surface area contributed by atoms with Gasteiger partial charge in [-0.2, -0.15) is 13.2 Å². The Morgan fingerprint density at radius 2 is 1.48 bits per heavy atom. The van der Waals surface area contributed by atoms with Gasteiger partial charge in [-0.05, 0) is 60.6 Å². The van der Waals surface area contributed by atoms with Gasteiger partial charge in [0, 0.05) is 37.9 Å². The van der Waals surface area contributed by atoms with E-state index >= 15 is 0 Å². The van der Waals surface area contributed by atoms with E-state index < -0.39 is 11.7 Å². The van der Waals surface area contributed by atoms with Gasteiger partial charge in [-0.3, -0.25) is 4.79 Å². The van der Waals surface area contributed by atoms with E-state index in [1.165, 1.54) is 12.1 Å². The maximum atomic E-state index is 12.7. The van der Waals surface area contributed by atoms with Gasteiger partial charge in [0.1, 0.15) is 0 Å². The smallest absolute Gasteiger partial charge is 0.339 e. The number of likely N-dealkylation sites (tertiary alicyclic amines) is 2. The summed E-state index contributed by atoms with van der Waals surface area (Å²) in [6.45, 7) is 2.47. The van der Waals surface area contributed by atoms with Crippen LogP contribution in [0.15, 0.2) is 60.7 Å². The van der Waals surface area contributed by atoms with E-state index in [4.69, 9.17) is 0 Å². The number of urea groups is 1. The first-order valence-corrected chi connectivity index (χ1v) is 11.0. The summed E-state index contributed by atoms with van der Waals surface area (Å²) in [6, 6.07) is 13.8. The molecule has 174 valence electrons. The molecule has 2 saturated heterocycles. The molecule has 4 rings (SSSR count). The van der Waals surface area contributed by atoms with E-state index in [0.29, 0.717) is 31.9 Å². The molecule has 33 heavy (non-hydrogen) atoms. The van der Waals surface area contributed by atoms with E-state index in [9.17, 15) is 22.8 Å². The average molecular weight is 457 g/mol. The van der Waals surface area contributed by atoms with Crippen molar-refractivity contribution in [3.8, 4) is 0 Å². The minimum absolute atomic E-state index is 0.0106. The molecular weight excluding hydrogens is 431 g/mol. The second-order valence-corrected chi connectivity index (χ2v) is 8.75. The molecule has 0 radical (unpaired) electrons. The van der Waals surface area contributed by atoms with Crippen molar-refractivity contribution < 1.29 is 22.8 Å². The van der Waals surface area contributed by atoms with Crippen LogP contribution in [-0.4, -0.2) is 47.9 Å². The van der Waals surface area contributed by atoms with Crippen LogP contribution in [0, 0.1) is 5.41 Å². The van der Waals surface area contributed by atoms with Crippen LogP contribution in [0.2, 0.25) is 0 Å².